The number of methoxy groups -OCH3 is 1. The van der Waals surface area contributed by atoms with Gasteiger partial charge in [-0.05, 0) is 38.8 Å². The molecule has 0 aromatic carbocycles. The van der Waals surface area contributed by atoms with E-state index in [0.717, 1.165) is 25.9 Å². The summed E-state index contributed by atoms with van der Waals surface area (Å²) in [6.07, 6.45) is 1.93. The van der Waals surface area contributed by atoms with E-state index in [1.807, 2.05) is 0 Å². The normalized spacial score (nSPS) is 19.8. The molecule has 0 aromatic rings. The van der Waals surface area contributed by atoms with Gasteiger partial charge in [0.2, 0.25) is 10.0 Å². The van der Waals surface area contributed by atoms with Gasteiger partial charge in [0, 0.05) is 13.6 Å². The predicted octanol–water partition coefficient (Wildman–Crippen LogP) is -0.191. The van der Waals surface area contributed by atoms with Crippen LogP contribution in [0, 0.1) is 5.92 Å². The van der Waals surface area contributed by atoms with Crippen LogP contribution < -0.4 is 5.32 Å². The Bertz CT molecular complexity index is 377. The van der Waals surface area contributed by atoms with Gasteiger partial charge in [0.15, 0.2) is 5.25 Å². The smallest absolute Gasteiger partial charge is 0.325 e. The zero-order chi connectivity index (χ0) is 13.8. The molecule has 0 bridgehead atoms. The largest absolute Gasteiger partial charge is 0.468 e. The molecule has 106 valence electrons. The van der Waals surface area contributed by atoms with Crippen molar-refractivity contribution >= 4 is 16.0 Å². The molecule has 0 saturated carbocycles. The molecular weight excluding hydrogens is 256 g/mol. The Morgan fingerprint density at radius 3 is 2.50 bits per heavy atom. The minimum absolute atomic E-state index is 0.357. The maximum absolute atomic E-state index is 12.1. The molecule has 1 rings (SSSR count). The minimum Gasteiger partial charge on any atom is -0.468 e. The number of rotatable bonds is 5. The fourth-order valence-electron chi connectivity index (χ4n) is 2.09. The summed E-state index contributed by atoms with van der Waals surface area (Å²) in [5.41, 5.74) is 0. The van der Waals surface area contributed by atoms with Gasteiger partial charge in [0.05, 0.1) is 7.11 Å². The lowest BCUT2D eigenvalue weighted by atomic mass is 9.98. The lowest BCUT2D eigenvalue weighted by molar-refractivity contribution is -0.139. The van der Waals surface area contributed by atoms with Crippen LogP contribution in [0.4, 0.5) is 0 Å². The topological polar surface area (TPSA) is 75.7 Å². The second-order valence-electron chi connectivity index (χ2n) is 4.68. The summed E-state index contributed by atoms with van der Waals surface area (Å²) in [5, 5.41) is 2.09. The van der Waals surface area contributed by atoms with Crippen molar-refractivity contribution in [3.05, 3.63) is 0 Å². The number of carbonyl (C=O) groups excluding carboxylic acids is 1. The van der Waals surface area contributed by atoms with E-state index in [0.29, 0.717) is 12.5 Å². The first-order valence-corrected chi connectivity index (χ1v) is 7.63. The highest BCUT2D eigenvalue weighted by molar-refractivity contribution is 7.90. The molecule has 18 heavy (non-hydrogen) atoms. The standard InChI is InChI=1S/C11H22N2O4S/c1-9(11(14)17-3)18(15,16)13(2)8-10-4-6-12-7-5-10/h9-10,12H,4-8H2,1-3H3. The number of esters is 1. The van der Waals surface area contributed by atoms with Crippen molar-refractivity contribution < 1.29 is 17.9 Å². The van der Waals surface area contributed by atoms with E-state index >= 15 is 0 Å². The quantitative estimate of drug-likeness (QED) is 0.705. The number of hydrogen-bond donors (Lipinski definition) is 1. The molecule has 0 spiro atoms. The molecule has 1 aliphatic rings. The van der Waals surface area contributed by atoms with Gasteiger partial charge in [0.1, 0.15) is 0 Å². The summed E-state index contributed by atoms with van der Waals surface area (Å²) in [5.74, 6) is -0.358. The van der Waals surface area contributed by atoms with Gasteiger partial charge in [-0.25, -0.2) is 12.7 Å². The van der Waals surface area contributed by atoms with Gasteiger partial charge in [0.25, 0.3) is 0 Å². The van der Waals surface area contributed by atoms with E-state index in [1.54, 1.807) is 0 Å². The fraction of sp³-hybridized carbons (Fsp3) is 0.909. The first-order chi connectivity index (χ1) is 8.39. The van der Waals surface area contributed by atoms with Crippen molar-refractivity contribution in [2.75, 3.05) is 33.8 Å². The van der Waals surface area contributed by atoms with Gasteiger partial charge in [-0.2, -0.15) is 0 Å². The molecule has 6 nitrogen and oxygen atoms in total. The van der Waals surface area contributed by atoms with Crippen molar-refractivity contribution in [1.82, 2.24) is 9.62 Å². The molecule has 1 unspecified atom stereocenters. The Labute approximate surface area is 109 Å². The molecule has 0 amide bonds. The molecule has 0 aromatic heterocycles. The average molecular weight is 278 g/mol. The van der Waals surface area contributed by atoms with E-state index in [9.17, 15) is 13.2 Å². The molecule has 1 saturated heterocycles. The van der Waals surface area contributed by atoms with Crippen LogP contribution in [-0.4, -0.2) is 57.7 Å². The number of hydrogen-bond acceptors (Lipinski definition) is 5. The Hall–Kier alpha value is -0.660. The number of ether oxygens (including phenoxy) is 1. The molecule has 1 N–H and O–H groups in total. The monoisotopic (exact) mass is 278 g/mol. The van der Waals surface area contributed by atoms with Gasteiger partial charge in [-0.3, -0.25) is 4.79 Å². The summed E-state index contributed by atoms with van der Waals surface area (Å²) in [7, 11) is -0.891. The number of nitrogens with one attached hydrogen (secondary N) is 1. The van der Waals surface area contributed by atoms with Crippen LogP contribution in [0.25, 0.3) is 0 Å². The SMILES string of the molecule is COC(=O)C(C)S(=O)(=O)N(C)CC1CCNCC1. The first kappa shape index (κ1) is 15.4. The van der Waals surface area contributed by atoms with Crippen molar-refractivity contribution in [1.29, 1.82) is 0 Å². The number of sulfonamides is 1. The molecule has 1 aliphatic heterocycles. The summed E-state index contributed by atoms with van der Waals surface area (Å²) in [6, 6.07) is 0. The Kier molecular flexibility index (Phi) is 5.55. The number of carbonyl (C=O) groups is 1. The van der Waals surface area contributed by atoms with E-state index in [-0.39, 0.29) is 0 Å². The molecule has 1 atom stereocenters. The summed E-state index contributed by atoms with van der Waals surface area (Å²) >= 11 is 0. The van der Waals surface area contributed by atoms with Crippen molar-refractivity contribution in [3.63, 3.8) is 0 Å². The van der Waals surface area contributed by atoms with Crippen LogP contribution in [0.5, 0.6) is 0 Å². The van der Waals surface area contributed by atoms with Crippen molar-refractivity contribution in [2.24, 2.45) is 5.92 Å². The molecule has 1 heterocycles. The van der Waals surface area contributed by atoms with E-state index in [2.05, 4.69) is 10.1 Å². The van der Waals surface area contributed by atoms with Crippen LogP contribution in [0.15, 0.2) is 0 Å². The van der Waals surface area contributed by atoms with Crippen LogP contribution in [-0.2, 0) is 19.6 Å². The average Bonchev–Trinajstić information content (AvgIpc) is 2.37. The second kappa shape index (κ2) is 6.49. The molecule has 7 heteroatoms. The predicted molar refractivity (Wildman–Crippen MR) is 68.6 cm³/mol. The number of nitrogens with zero attached hydrogens (tertiary/aromatic N) is 1. The zero-order valence-electron chi connectivity index (χ0n) is 11.2. The minimum atomic E-state index is -3.61. The third-order valence-corrected chi connectivity index (χ3v) is 5.49. The van der Waals surface area contributed by atoms with E-state index in [1.165, 1.54) is 25.4 Å². The third kappa shape index (κ3) is 3.66. The van der Waals surface area contributed by atoms with Crippen LogP contribution in [0.1, 0.15) is 19.8 Å². The highest BCUT2D eigenvalue weighted by Gasteiger charge is 2.33. The highest BCUT2D eigenvalue weighted by Crippen LogP contribution is 2.16. The zero-order valence-corrected chi connectivity index (χ0v) is 12.0. The Morgan fingerprint density at radius 2 is 2.00 bits per heavy atom. The first-order valence-electron chi connectivity index (χ1n) is 6.13. The maximum Gasteiger partial charge on any atom is 0.325 e. The van der Waals surface area contributed by atoms with Crippen molar-refractivity contribution in [2.45, 2.75) is 25.0 Å². The lowest BCUT2D eigenvalue weighted by Crippen LogP contribution is -2.43. The van der Waals surface area contributed by atoms with E-state index in [4.69, 9.17) is 0 Å². The van der Waals surface area contributed by atoms with Crippen molar-refractivity contribution in [3.8, 4) is 0 Å². The van der Waals surface area contributed by atoms with E-state index < -0.39 is 21.2 Å². The van der Waals surface area contributed by atoms with Gasteiger partial charge in [-0.1, -0.05) is 0 Å². The Morgan fingerprint density at radius 1 is 1.44 bits per heavy atom. The summed E-state index contributed by atoms with van der Waals surface area (Å²) < 4.78 is 30.0. The molecule has 0 aliphatic carbocycles. The van der Waals surface area contributed by atoms with Gasteiger partial charge < -0.3 is 10.1 Å². The van der Waals surface area contributed by atoms with Crippen LogP contribution >= 0.6 is 0 Å². The third-order valence-electron chi connectivity index (χ3n) is 3.39. The highest BCUT2D eigenvalue weighted by atomic mass is 32.2. The molecule has 1 fully saturated rings. The molecular formula is C11H22N2O4S. The maximum atomic E-state index is 12.1. The lowest BCUT2D eigenvalue weighted by Gasteiger charge is -2.28. The van der Waals surface area contributed by atoms with Crippen LogP contribution in [0.2, 0.25) is 0 Å². The molecule has 0 radical (unpaired) electrons. The Balaban J connectivity index is 2.63. The fourth-order valence-corrected chi connectivity index (χ4v) is 3.39. The summed E-state index contributed by atoms with van der Waals surface area (Å²) in [6.45, 7) is 3.67. The second-order valence-corrected chi connectivity index (χ2v) is 7.04. The number of piperidine rings is 1. The van der Waals surface area contributed by atoms with Gasteiger partial charge in [-0.15, -0.1) is 0 Å². The van der Waals surface area contributed by atoms with Gasteiger partial charge >= 0.3 is 5.97 Å². The summed E-state index contributed by atoms with van der Waals surface area (Å²) in [4.78, 5) is 11.3. The van der Waals surface area contributed by atoms with Crippen LogP contribution in [0.3, 0.4) is 0 Å².